The van der Waals surface area contributed by atoms with Crippen LogP contribution in [-0.4, -0.2) is 28.3 Å². The molecule has 4 aromatic rings. The molecule has 0 N–H and O–H groups in total. The summed E-state index contributed by atoms with van der Waals surface area (Å²) in [4.78, 5) is 29.8. The van der Waals surface area contributed by atoms with Gasteiger partial charge in [0.05, 0.1) is 18.2 Å². The summed E-state index contributed by atoms with van der Waals surface area (Å²) in [5.41, 5.74) is 0.771. The molecule has 7 nitrogen and oxygen atoms in total. The first-order valence-corrected chi connectivity index (χ1v) is 12.7. The SMILES string of the molecule is CCCCCCCCOc1ccc(C=c2sc3nc(=O)c(-c4ccccc4)nn3c2=O)cc1OC. The molecular formula is C27H29N3O4S. The summed E-state index contributed by atoms with van der Waals surface area (Å²) in [6, 6.07) is 14.6. The first-order valence-electron chi connectivity index (χ1n) is 11.9. The quantitative estimate of drug-likeness (QED) is 0.288. The second-order valence-electron chi connectivity index (χ2n) is 8.27. The molecular weight excluding hydrogens is 462 g/mol. The molecule has 0 spiro atoms. The Labute approximate surface area is 207 Å². The molecule has 35 heavy (non-hydrogen) atoms. The number of hydrogen-bond acceptors (Lipinski definition) is 7. The van der Waals surface area contributed by atoms with E-state index < -0.39 is 5.56 Å². The molecule has 2 heterocycles. The smallest absolute Gasteiger partial charge is 0.300 e. The van der Waals surface area contributed by atoms with Crippen LogP contribution in [0.5, 0.6) is 11.5 Å². The van der Waals surface area contributed by atoms with E-state index in [1.54, 1.807) is 25.3 Å². The third kappa shape index (κ3) is 5.95. The van der Waals surface area contributed by atoms with Crippen LogP contribution in [0.2, 0.25) is 0 Å². The van der Waals surface area contributed by atoms with Crippen molar-refractivity contribution in [2.45, 2.75) is 45.4 Å². The van der Waals surface area contributed by atoms with Gasteiger partial charge in [-0.2, -0.15) is 14.6 Å². The fourth-order valence-electron chi connectivity index (χ4n) is 3.79. The molecule has 0 aliphatic carbocycles. The van der Waals surface area contributed by atoms with Crippen LogP contribution < -0.4 is 25.1 Å². The van der Waals surface area contributed by atoms with Gasteiger partial charge in [0.1, 0.15) is 0 Å². The van der Waals surface area contributed by atoms with Crippen molar-refractivity contribution in [1.29, 1.82) is 0 Å². The lowest BCUT2D eigenvalue weighted by molar-refractivity contribution is 0.284. The zero-order valence-electron chi connectivity index (χ0n) is 20.0. The van der Waals surface area contributed by atoms with Gasteiger partial charge in [-0.25, -0.2) is 0 Å². The lowest BCUT2D eigenvalue weighted by Crippen LogP contribution is -2.26. The third-order valence-corrected chi connectivity index (χ3v) is 6.63. The Morgan fingerprint density at radius 3 is 2.51 bits per heavy atom. The molecule has 0 aliphatic heterocycles. The Balaban J connectivity index is 1.55. The molecule has 2 aromatic carbocycles. The molecule has 0 fully saturated rings. The molecule has 0 atom stereocenters. The van der Waals surface area contributed by atoms with Crippen molar-refractivity contribution < 1.29 is 9.47 Å². The molecule has 8 heteroatoms. The van der Waals surface area contributed by atoms with E-state index in [1.165, 1.54) is 30.2 Å². The van der Waals surface area contributed by atoms with Crippen molar-refractivity contribution in [2.75, 3.05) is 13.7 Å². The van der Waals surface area contributed by atoms with Crippen LogP contribution in [0, 0.1) is 0 Å². The van der Waals surface area contributed by atoms with Gasteiger partial charge in [-0.1, -0.05) is 86.8 Å². The minimum Gasteiger partial charge on any atom is -0.493 e. The largest absolute Gasteiger partial charge is 0.493 e. The van der Waals surface area contributed by atoms with E-state index in [1.807, 2.05) is 36.4 Å². The van der Waals surface area contributed by atoms with Gasteiger partial charge in [0.2, 0.25) is 4.96 Å². The van der Waals surface area contributed by atoms with Crippen LogP contribution in [0.15, 0.2) is 58.1 Å². The van der Waals surface area contributed by atoms with E-state index in [-0.39, 0.29) is 16.2 Å². The number of hydrogen-bond donors (Lipinski definition) is 0. The van der Waals surface area contributed by atoms with Crippen LogP contribution in [0.3, 0.4) is 0 Å². The van der Waals surface area contributed by atoms with E-state index in [2.05, 4.69) is 17.0 Å². The molecule has 0 radical (unpaired) electrons. The highest BCUT2D eigenvalue weighted by Gasteiger charge is 2.13. The van der Waals surface area contributed by atoms with Crippen LogP contribution in [0.25, 0.3) is 22.3 Å². The van der Waals surface area contributed by atoms with Crippen LogP contribution in [0.1, 0.15) is 51.0 Å². The van der Waals surface area contributed by atoms with Gasteiger partial charge < -0.3 is 9.47 Å². The number of thiazole rings is 1. The fourth-order valence-corrected chi connectivity index (χ4v) is 4.70. The number of fused-ring (bicyclic) bond motifs is 1. The fraction of sp³-hybridized carbons (Fsp3) is 0.333. The summed E-state index contributed by atoms with van der Waals surface area (Å²) in [6.07, 6.45) is 8.94. The van der Waals surface area contributed by atoms with Crippen molar-refractivity contribution in [2.24, 2.45) is 0 Å². The Bertz CT molecular complexity index is 1450. The summed E-state index contributed by atoms with van der Waals surface area (Å²) in [6.45, 7) is 2.85. The van der Waals surface area contributed by atoms with Crippen molar-refractivity contribution in [3.63, 3.8) is 0 Å². The van der Waals surface area contributed by atoms with Crippen LogP contribution >= 0.6 is 11.3 Å². The van der Waals surface area contributed by atoms with Crippen LogP contribution in [0.4, 0.5) is 0 Å². The maximum absolute atomic E-state index is 13.0. The first kappa shape index (κ1) is 24.6. The molecule has 0 aliphatic rings. The van der Waals surface area contributed by atoms with Gasteiger partial charge in [-0.3, -0.25) is 9.59 Å². The summed E-state index contributed by atoms with van der Waals surface area (Å²) < 4.78 is 13.1. The topological polar surface area (TPSA) is 82.8 Å². The second-order valence-corrected chi connectivity index (χ2v) is 9.28. The predicted octanol–water partition coefficient (Wildman–Crippen LogP) is 4.47. The lowest BCUT2D eigenvalue weighted by Gasteiger charge is -2.11. The van der Waals surface area contributed by atoms with E-state index in [0.29, 0.717) is 28.2 Å². The number of rotatable bonds is 11. The average Bonchev–Trinajstić information content (AvgIpc) is 3.17. The maximum Gasteiger partial charge on any atom is 0.300 e. The normalized spacial score (nSPS) is 11.8. The summed E-state index contributed by atoms with van der Waals surface area (Å²) in [5, 5.41) is 4.29. The third-order valence-electron chi connectivity index (χ3n) is 5.67. The van der Waals surface area contributed by atoms with Crippen molar-refractivity contribution in [3.8, 4) is 22.8 Å². The molecule has 2 aromatic heterocycles. The number of ether oxygens (including phenoxy) is 2. The summed E-state index contributed by atoms with van der Waals surface area (Å²) in [7, 11) is 1.60. The van der Waals surface area contributed by atoms with Crippen molar-refractivity contribution in [3.05, 3.63) is 79.3 Å². The average molecular weight is 492 g/mol. The van der Waals surface area contributed by atoms with E-state index in [0.717, 1.165) is 29.7 Å². The number of nitrogens with zero attached hydrogens (tertiary/aromatic N) is 3. The van der Waals surface area contributed by atoms with Crippen molar-refractivity contribution in [1.82, 2.24) is 14.6 Å². The van der Waals surface area contributed by atoms with Gasteiger partial charge in [0.25, 0.3) is 5.56 Å². The molecule has 0 bridgehead atoms. The predicted molar refractivity (Wildman–Crippen MR) is 139 cm³/mol. The van der Waals surface area contributed by atoms with E-state index in [9.17, 15) is 9.59 Å². The van der Waals surface area contributed by atoms with Gasteiger partial charge in [0.15, 0.2) is 17.2 Å². The Morgan fingerprint density at radius 2 is 1.74 bits per heavy atom. The standard InChI is InChI=1S/C27H29N3O4S/c1-3-4-5-6-7-11-16-34-21-15-14-19(17-22(21)33-2)18-23-26(32)30-27(35-23)28-25(31)24(29-30)20-12-9-8-10-13-20/h8-10,12-15,17-18H,3-7,11,16H2,1-2H3. The molecule has 0 saturated carbocycles. The van der Waals surface area contributed by atoms with Crippen molar-refractivity contribution >= 4 is 22.4 Å². The highest BCUT2D eigenvalue weighted by molar-refractivity contribution is 7.15. The molecule has 0 amide bonds. The number of unbranched alkanes of at least 4 members (excludes halogenated alkanes) is 5. The molecule has 182 valence electrons. The highest BCUT2D eigenvalue weighted by Crippen LogP contribution is 2.28. The van der Waals surface area contributed by atoms with Gasteiger partial charge in [-0.15, -0.1) is 0 Å². The van der Waals surface area contributed by atoms with Gasteiger partial charge >= 0.3 is 5.56 Å². The summed E-state index contributed by atoms with van der Waals surface area (Å²) in [5.74, 6) is 1.29. The number of methoxy groups -OCH3 is 1. The maximum atomic E-state index is 13.0. The highest BCUT2D eigenvalue weighted by atomic mass is 32.1. The Hall–Kier alpha value is -3.52. The minimum atomic E-state index is -0.461. The minimum absolute atomic E-state index is 0.151. The zero-order valence-corrected chi connectivity index (χ0v) is 20.8. The van der Waals surface area contributed by atoms with Gasteiger partial charge in [0, 0.05) is 5.56 Å². The first-order chi connectivity index (χ1) is 17.1. The van der Waals surface area contributed by atoms with E-state index >= 15 is 0 Å². The molecule has 0 unspecified atom stereocenters. The lowest BCUT2D eigenvalue weighted by atomic mass is 10.1. The monoisotopic (exact) mass is 491 g/mol. The summed E-state index contributed by atoms with van der Waals surface area (Å²) >= 11 is 1.13. The van der Waals surface area contributed by atoms with Crippen LogP contribution in [-0.2, 0) is 0 Å². The number of aromatic nitrogens is 3. The van der Waals surface area contributed by atoms with E-state index in [4.69, 9.17) is 9.47 Å². The number of benzene rings is 2. The zero-order chi connectivity index (χ0) is 24.6. The molecule has 4 rings (SSSR count). The van der Waals surface area contributed by atoms with Gasteiger partial charge in [-0.05, 0) is 30.2 Å². The Morgan fingerprint density at radius 1 is 0.971 bits per heavy atom. The second kappa shape index (κ2) is 11.8. The Kier molecular flexibility index (Phi) is 8.26. The molecule has 0 saturated heterocycles.